The van der Waals surface area contributed by atoms with Crippen LogP contribution in [0.2, 0.25) is 0 Å². The maximum atomic E-state index is 13.6. The first-order valence-corrected chi connectivity index (χ1v) is 6.39. The molecule has 0 amide bonds. The standard InChI is InChI=1S/C16H11F2NO3/c1-2-21-15-7-10(9-19)3-6-14(15)22-16(20)12-5-4-11(17)8-13(12)18/h3-8H,2H2,1H3. The van der Waals surface area contributed by atoms with E-state index in [1.807, 2.05) is 6.07 Å². The predicted octanol–water partition coefficient (Wildman–Crippen LogP) is 3.45. The molecule has 2 rings (SSSR count). The molecule has 0 fully saturated rings. The maximum absolute atomic E-state index is 13.6. The fourth-order valence-electron chi connectivity index (χ4n) is 1.74. The van der Waals surface area contributed by atoms with Crippen molar-refractivity contribution in [2.75, 3.05) is 6.61 Å². The van der Waals surface area contributed by atoms with Crippen molar-refractivity contribution in [1.29, 1.82) is 5.26 Å². The minimum absolute atomic E-state index is 0.0505. The van der Waals surface area contributed by atoms with Gasteiger partial charge in [0.15, 0.2) is 11.5 Å². The molecule has 0 aliphatic rings. The van der Waals surface area contributed by atoms with Crippen LogP contribution in [0.4, 0.5) is 8.78 Å². The van der Waals surface area contributed by atoms with E-state index in [-0.39, 0.29) is 11.5 Å². The second-order valence-electron chi connectivity index (χ2n) is 4.22. The summed E-state index contributed by atoms with van der Waals surface area (Å²) in [7, 11) is 0. The van der Waals surface area contributed by atoms with Crippen molar-refractivity contribution < 1.29 is 23.0 Å². The summed E-state index contributed by atoms with van der Waals surface area (Å²) >= 11 is 0. The first-order chi connectivity index (χ1) is 10.5. The van der Waals surface area contributed by atoms with Gasteiger partial charge in [0.25, 0.3) is 0 Å². The van der Waals surface area contributed by atoms with Gasteiger partial charge in [-0.2, -0.15) is 5.26 Å². The fourth-order valence-corrected chi connectivity index (χ4v) is 1.74. The van der Waals surface area contributed by atoms with E-state index in [1.165, 1.54) is 18.2 Å². The molecule has 22 heavy (non-hydrogen) atoms. The molecule has 0 aliphatic heterocycles. The van der Waals surface area contributed by atoms with Gasteiger partial charge < -0.3 is 9.47 Å². The number of halogens is 2. The third kappa shape index (κ3) is 3.38. The number of esters is 1. The lowest BCUT2D eigenvalue weighted by atomic mass is 10.2. The molecule has 2 aromatic rings. The molecular weight excluding hydrogens is 292 g/mol. The third-order valence-corrected chi connectivity index (χ3v) is 2.73. The number of hydrogen-bond acceptors (Lipinski definition) is 4. The van der Waals surface area contributed by atoms with Gasteiger partial charge in [0.05, 0.1) is 23.8 Å². The Kier molecular flexibility index (Phi) is 4.69. The monoisotopic (exact) mass is 303 g/mol. The molecule has 0 aliphatic carbocycles. The molecule has 6 heteroatoms. The molecule has 0 saturated heterocycles. The number of hydrogen-bond donors (Lipinski definition) is 0. The van der Waals surface area contributed by atoms with E-state index in [2.05, 4.69) is 0 Å². The van der Waals surface area contributed by atoms with Crippen LogP contribution in [0.3, 0.4) is 0 Å². The summed E-state index contributed by atoms with van der Waals surface area (Å²) in [4.78, 5) is 12.0. The Labute approximate surface area is 125 Å². The van der Waals surface area contributed by atoms with E-state index < -0.39 is 23.2 Å². The van der Waals surface area contributed by atoms with E-state index in [0.29, 0.717) is 18.2 Å². The quantitative estimate of drug-likeness (QED) is 0.641. The summed E-state index contributed by atoms with van der Waals surface area (Å²) in [5.74, 6) is -2.55. The summed E-state index contributed by atoms with van der Waals surface area (Å²) in [5.41, 5.74) is -0.0654. The van der Waals surface area contributed by atoms with Crippen molar-refractivity contribution in [1.82, 2.24) is 0 Å². The summed E-state index contributed by atoms with van der Waals surface area (Å²) in [6.07, 6.45) is 0. The molecule has 0 bridgehead atoms. The topological polar surface area (TPSA) is 59.3 Å². The minimum Gasteiger partial charge on any atom is -0.490 e. The van der Waals surface area contributed by atoms with Crippen molar-refractivity contribution in [2.24, 2.45) is 0 Å². The SMILES string of the molecule is CCOc1cc(C#N)ccc1OC(=O)c1ccc(F)cc1F. The first kappa shape index (κ1) is 15.4. The Balaban J connectivity index is 2.30. The van der Waals surface area contributed by atoms with Crippen LogP contribution in [0.5, 0.6) is 11.5 Å². The summed E-state index contributed by atoms with van der Waals surface area (Å²) < 4.78 is 36.8. The number of rotatable bonds is 4. The van der Waals surface area contributed by atoms with Crippen LogP contribution in [0.1, 0.15) is 22.8 Å². The summed E-state index contributed by atoms with van der Waals surface area (Å²) in [6.45, 7) is 2.02. The highest BCUT2D eigenvalue weighted by atomic mass is 19.1. The van der Waals surface area contributed by atoms with Crippen molar-refractivity contribution >= 4 is 5.97 Å². The first-order valence-electron chi connectivity index (χ1n) is 6.39. The van der Waals surface area contributed by atoms with Gasteiger partial charge in [-0.1, -0.05) is 0 Å². The van der Waals surface area contributed by atoms with Gasteiger partial charge >= 0.3 is 5.97 Å². The van der Waals surface area contributed by atoms with Gasteiger partial charge in [-0.05, 0) is 31.2 Å². The predicted molar refractivity (Wildman–Crippen MR) is 73.6 cm³/mol. The molecule has 0 unspecified atom stereocenters. The number of nitriles is 1. The zero-order valence-corrected chi connectivity index (χ0v) is 11.6. The van der Waals surface area contributed by atoms with Crippen LogP contribution in [0.15, 0.2) is 36.4 Å². The van der Waals surface area contributed by atoms with E-state index in [0.717, 1.165) is 12.1 Å². The molecule has 0 spiro atoms. The number of ether oxygens (including phenoxy) is 2. The molecule has 2 aromatic carbocycles. The van der Waals surface area contributed by atoms with Crippen molar-refractivity contribution in [3.63, 3.8) is 0 Å². The molecule has 0 N–H and O–H groups in total. The van der Waals surface area contributed by atoms with Gasteiger partial charge in [0.2, 0.25) is 0 Å². The second-order valence-corrected chi connectivity index (χ2v) is 4.22. The maximum Gasteiger partial charge on any atom is 0.346 e. The molecule has 0 heterocycles. The minimum atomic E-state index is -1.02. The van der Waals surface area contributed by atoms with Crippen molar-refractivity contribution in [3.8, 4) is 17.6 Å². The van der Waals surface area contributed by atoms with Gasteiger partial charge in [-0.15, -0.1) is 0 Å². The Morgan fingerprint density at radius 3 is 2.59 bits per heavy atom. The highest BCUT2D eigenvalue weighted by molar-refractivity contribution is 5.91. The van der Waals surface area contributed by atoms with E-state index in [9.17, 15) is 13.6 Å². The largest absolute Gasteiger partial charge is 0.490 e. The zero-order chi connectivity index (χ0) is 16.1. The lowest BCUT2D eigenvalue weighted by molar-refractivity contribution is 0.0723. The molecular formula is C16H11F2NO3. The van der Waals surface area contributed by atoms with Crippen LogP contribution in [-0.2, 0) is 0 Å². The van der Waals surface area contributed by atoms with Crippen molar-refractivity contribution in [2.45, 2.75) is 6.92 Å². The normalized spacial score (nSPS) is 9.91. The molecule has 0 saturated carbocycles. The Bertz CT molecular complexity index is 754. The molecule has 0 atom stereocenters. The highest BCUT2D eigenvalue weighted by Gasteiger charge is 2.17. The molecule has 0 radical (unpaired) electrons. The van der Waals surface area contributed by atoms with Crippen LogP contribution in [-0.4, -0.2) is 12.6 Å². The summed E-state index contributed by atoms with van der Waals surface area (Å²) in [6, 6.07) is 8.71. The smallest absolute Gasteiger partial charge is 0.346 e. The van der Waals surface area contributed by atoms with E-state index >= 15 is 0 Å². The lowest BCUT2D eigenvalue weighted by Gasteiger charge is -2.11. The van der Waals surface area contributed by atoms with Gasteiger partial charge in [-0.3, -0.25) is 0 Å². The Hall–Kier alpha value is -2.94. The average Bonchev–Trinajstić information content (AvgIpc) is 2.49. The second kappa shape index (κ2) is 6.68. The van der Waals surface area contributed by atoms with Crippen LogP contribution in [0, 0.1) is 23.0 Å². The Morgan fingerprint density at radius 1 is 1.18 bits per heavy atom. The van der Waals surface area contributed by atoms with Crippen molar-refractivity contribution in [3.05, 3.63) is 59.2 Å². The molecule has 0 aromatic heterocycles. The molecule has 4 nitrogen and oxygen atoms in total. The number of carbonyl (C=O) groups is 1. The molecule has 112 valence electrons. The number of nitrogens with zero attached hydrogens (tertiary/aromatic N) is 1. The van der Waals surface area contributed by atoms with Crippen LogP contribution in [0.25, 0.3) is 0 Å². The Morgan fingerprint density at radius 2 is 1.95 bits per heavy atom. The van der Waals surface area contributed by atoms with Gasteiger partial charge in [0.1, 0.15) is 11.6 Å². The lowest BCUT2D eigenvalue weighted by Crippen LogP contribution is -2.12. The zero-order valence-electron chi connectivity index (χ0n) is 11.6. The average molecular weight is 303 g/mol. The van der Waals surface area contributed by atoms with Crippen LogP contribution >= 0.6 is 0 Å². The van der Waals surface area contributed by atoms with E-state index in [4.69, 9.17) is 14.7 Å². The third-order valence-electron chi connectivity index (χ3n) is 2.73. The number of benzene rings is 2. The van der Waals surface area contributed by atoms with Crippen LogP contribution < -0.4 is 9.47 Å². The highest BCUT2D eigenvalue weighted by Crippen LogP contribution is 2.29. The van der Waals surface area contributed by atoms with Gasteiger partial charge in [-0.25, -0.2) is 13.6 Å². The fraction of sp³-hybridized carbons (Fsp3) is 0.125. The van der Waals surface area contributed by atoms with Gasteiger partial charge in [0, 0.05) is 12.1 Å². The number of carbonyl (C=O) groups excluding carboxylic acids is 1. The summed E-state index contributed by atoms with van der Waals surface area (Å²) in [5, 5.41) is 8.85. The van der Waals surface area contributed by atoms with E-state index in [1.54, 1.807) is 6.92 Å².